The van der Waals surface area contributed by atoms with Crippen LogP contribution in [-0.4, -0.2) is 39.9 Å². The van der Waals surface area contributed by atoms with Crippen LogP contribution in [0, 0.1) is 0 Å². The van der Waals surface area contributed by atoms with Crippen LogP contribution in [0.5, 0.6) is 0 Å². The summed E-state index contributed by atoms with van der Waals surface area (Å²) in [5.41, 5.74) is 34.6. The van der Waals surface area contributed by atoms with Gasteiger partial charge in [0.2, 0.25) is 0 Å². The van der Waals surface area contributed by atoms with Gasteiger partial charge in [-0.05, 0) is 310 Å². The van der Waals surface area contributed by atoms with E-state index in [0.29, 0.717) is 0 Å². The van der Waals surface area contributed by atoms with Crippen LogP contribution in [0.3, 0.4) is 0 Å². The van der Waals surface area contributed by atoms with E-state index in [-0.39, 0.29) is 0 Å². The fourth-order valence-electron chi connectivity index (χ4n) is 20.2. The van der Waals surface area contributed by atoms with E-state index in [0.717, 1.165) is 140 Å². The molecule has 0 saturated carbocycles. The summed E-state index contributed by atoms with van der Waals surface area (Å²) >= 11 is 0. The lowest BCUT2D eigenvalue weighted by Gasteiger charge is -2.28. The number of anilines is 6. The van der Waals surface area contributed by atoms with E-state index in [1.54, 1.807) is 0 Å². The van der Waals surface area contributed by atoms with Crippen molar-refractivity contribution in [2.45, 2.75) is 0 Å². The lowest BCUT2D eigenvalue weighted by atomic mass is 9.84. The van der Waals surface area contributed by atoms with Gasteiger partial charge in [-0.15, -0.1) is 0 Å². The van der Waals surface area contributed by atoms with Crippen molar-refractivity contribution in [3.63, 3.8) is 0 Å². The maximum atomic E-state index is 4.52. The molecule has 0 fully saturated rings. The molecule has 0 atom stereocenters. The highest BCUT2D eigenvalue weighted by molar-refractivity contribution is 6.25. The predicted octanol–water partition coefficient (Wildman–Crippen LogP) is 34.1. The van der Waals surface area contributed by atoms with Gasteiger partial charge in [-0.25, -0.2) is 0 Å². The van der Waals surface area contributed by atoms with Crippen LogP contribution < -0.4 is 9.80 Å². The number of rotatable bonds is 19. The van der Waals surface area contributed by atoms with Crippen LogP contribution >= 0.6 is 0 Å². The van der Waals surface area contributed by atoms with Crippen molar-refractivity contribution in [3.05, 3.63) is 524 Å². The summed E-state index contributed by atoms with van der Waals surface area (Å²) in [6, 6.07) is 153. The molecule has 10 nitrogen and oxygen atoms in total. The fraction of sp³-hybridized carbons (Fsp3) is 0. The lowest BCUT2D eigenvalue weighted by Crippen LogP contribution is -2.11. The molecule has 0 radical (unpaired) electrons. The Kier molecular flexibility index (Phi) is 22.5. The molecule has 0 unspecified atom stereocenters. The smallest absolute Gasteiger partial charge is 0.0474 e. The summed E-state index contributed by atoms with van der Waals surface area (Å²) in [6.07, 6.45) is 29.9. The normalized spacial score (nSPS) is 11.3. The summed E-state index contributed by atoms with van der Waals surface area (Å²) in [4.78, 5) is 40.9. The summed E-state index contributed by atoms with van der Waals surface area (Å²) in [5.74, 6) is 0. The molecule has 25 rings (SSSR count). The van der Waals surface area contributed by atoms with Crippen LogP contribution in [0.25, 0.3) is 209 Å². The molecule has 10 heteroatoms. The minimum atomic E-state index is 0.990. The fourth-order valence-corrected chi connectivity index (χ4v) is 20.2. The molecule has 656 valence electrons. The molecule has 0 aliphatic rings. The van der Waals surface area contributed by atoms with Crippen molar-refractivity contribution >= 4 is 98.8 Å². The van der Waals surface area contributed by atoms with Crippen molar-refractivity contribution in [1.29, 1.82) is 0 Å². The van der Waals surface area contributed by atoms with E-state index in [1.165, 1.54) is 104 Å². The zero-order valence-electron chi connectivity index (χ0n) is 76.1. The van der Waals surface area contributed by atoms with Gasteiger partial charge in [0, 0.05) is 178 Å². The van der Waals surface area contributed by atoms with E-state index < -0.39 is 0 Å². The Balaban J connectivity index is 0.000000152. The predicted molar refractivity (Wildman–Crippen MR) is 580 cm³/mol. The average Bonchev–Trinajstić information content (AvgIpc) is 0.730. The maximum Gasteiger partial charge on any atom is 0.0474 e. The number of benzene rings is 17. The first-order valence-electron chi connectivity index (χ1n) is 47.0. The summed E-state index contributed by atoms with van der Waals surface area (Å²) in [7, 11) is 0. The second-order valence-electron chi connectivity index (χ2n) is 35.1. The minimum absolute atomic E-state index is 0.990. The van der Waals surface area contributed by atoms with Gasteiger partial charge < -0.3 is 9.80 Å². The van der Waals surface area contributed by atoms with Crippen molar-refractivity contribution in [3.8, 4) is 145 Å². The first kappa shape index (κ1) is 84.1. The van der Waals surface area contributed by atoms with Crippen LogP contribution in [0.4, 0.5) is 34.1 Å². The van der Waals surface area contributed by atoms with E-state index >= 15 is 0 Å². The van der Waals surface area contributed by atoms with Crippen molar-refractivity contribution in [2.75, 3.05) is 9.80 Å². The second-order valence-corrected chi connectivity index (χ2v) is 35.1. The van der Waals surface area contributed by atoms with Gasteiger partial charge in [-0.1, -0.05) is 279 Å². The first-order valence-corrected chi connectivity index (χ1v) is 47.0. The Hall–Kier alpha value is -18.9. The molecule has 0 aliphatic carbocycles. The van der Waals surface area contributed by atoms with Gasteiger partial charge in [0.15, 0.2) is 0 Å². The Morgan fingerprint density at radius 2 is 0.314 bits per heavy atom. The third-order valence-corrected chi connectivity index (χ3v) is 26.7. The molecular formula is C130H86N10. The molecule has 8 heterocycles. The van der Waals surface area contributed by atoms with E-state index in [4.69, 9.17) is 0 Å². The summed E-state index contributed by atoms with van der Waals surface area (Å²) in [6.45, 7) is 0. The molecular weight excluding hydrogens is 1700 g/mol. The zero-order chi connectivity index (χ0) is 93.0. The molecule has 140 heavy (non-hydrogen) atoms. The second kappa shape index (κ2) is 37.5. The highest BCUT2D eigenvalue weighted by Crippen LogP contribution is 2.52. The molecule has 0 amide bonds. The van der Waals surface area contributed by atoms with Crippen LogP contribution in [0.2, 0.25) is 0 Å². The van der Waals surface area contributed by atoms with Crippen molar-refractivity contribution in [1.82, 2.24) is 39.9 Å². The van der Waals surface area contributed by atoms with Crippen molar-refractivity contribution in [2.24, 2.45) is 0 Å². The first-order chi connectivity index (χ1) is 69.4. The number of pyridine rings is 8. The molecule has 17 aromatic carbocycles. The number of hydrogen-bond acceptors (Lipinski definition) is 10. The molecule has 8 aromatic heterocycles. The van der Waals surface area contributed by atoms with Crippen molar-refractivity contribution < 1.29 is 0 Å². The van der Waals surface area contributed by atoms with Crippen LogP contribution in [0.15, 0.2) is 524 Å². The number of nitrogens with zero attached hydrogens (tertiary/aromatic N) is 10. The topological polar surface area (TPSA) is 110 Å². The lowest BCUT2D eigenvalue weighted by molar-refractivity contribution is 1.27. The highest BCUT2D eigenvalue weighted by Gasteiger charge is 2.26. The Morgan fingerprint density at radius 3 is 0.543 bits per heavy atom. The molecule has 0 N–H and O–H groups in total. The Bertz CT molecular complexity index is 8270. The highest BCUT2D eigenvalue weighted by atomic mass is 15.1. The number of aromatic nitrogens is 8. The van der Waals surface area contributed by atoms with Gasteiger partial charge in [-0.3, -0.25) is 39.9 Å². The Morgan fingerprint density at radius 1 is 0.121 bits per heavy atom. The van der Waals surface area contributed by atoms with Gasteiger partial charge in [0.25, 0.3) is 0 Å². The van der Waals surface area contributed by atoms with Crippen LogP contribution in [-0.2, 0) is 0 Å². The van der Waals surface area contributed by atoms with E-state index in [1.807, 2.05) is 148 Å². The zero-order valence-corrected chi connectivity index (χ0v) is 76.1. The third-order valence-electron chi connectivity index (χ3n) is 26.7. The molecule has 0 bridgehead atoms. The molecule has 25 aromatic rings. The van der Waals surface area contributed by atoms with E-state index in [9.17, 15) is 0 Å². The summed E-state index contributed by atoms with van der Waals surface area (Å²) < 4.78 is 0. The molecule has 0 saturated heterocycles. The minimum Gasteiger partial charge on any atom is -0.310 e. The monoisotopic (exact) mass is 1790 g/mol. The van der Waals surface area contributed by atoms with Gasteiger partial charge >= 0.3 is 0 Å². The Labute approximate surface area is 811 Å². The number of hydrogen-bond donors (Lipinski definition) is 0. The van der Waals surface area contributed by atoms with Gasteiger partial charge in [0.1, 0.15) is 0 Å². The third kappa shape index (κ3) is 16.5. The van der Waals surface area contributed by atoms with Gasteiger partial charge in [0.05, 0.1) is 0 Å². The standard InChI is InChI=1S/C68H45N5.C62H41N5/c1-2-18-61-48(12-1)13-7-23-62(61)68-65-21-5-3-19-63(65)67(64-20-4-6-22-66(64)68)49-26-24-46(25-27-49)47-28-30-58(31-29-47)73(59-38-54(50-14-8-32-69-42-50)36-55(39-59)51-15-9-33-70-43-51)60-40-56(52-16-10-34-71-44-52)37-57(41-60)53-17-11-35-72-45-53;1-2-18-55-42(12-1)13-7-23-56(55)62-59-21-5-3-19-57(59)61(58-20-4-6-22-60(58)62)43-24-26-52(27-25-43)67(53-34-48(44-14-8-28-63-38-44)32-49(35-53)45-15-9-29-64-39-45)54-36-50(46-16-10-30-65-40-46)33-51(37-54)47-17-11-31-66-41-47/h1-45H;1-41H. The number of fused-ring (bicyclic) bond motifs is 6. The quantitative estimate of drug-likeness (QED) is 0.0726. The average molecular weight is 1790 g/mol. The van der Waals surface area contributed by atoms with E-state index in [2.05, 4.69) is 426 Å². The summed E-state index contributed by atoms with van der Waals surface area (Å²) in [5, 5.41) is 14.8. The maximum absolute atomic E-state index is 4.52. The SMILES string of the molecule is c1cncc(-c2cc(-c3cccnc3)cc(N(c3ccc(-c4c5ccccc5c(-c5cccc6ccccc56)c5ccccc45)cc3)c3cc(-c4cccnc4)cc(-c4cccnc4)c3)c2)c1.c1cncc(-c2cc(-c3cccnc3)cc(N(c3ccc(-c4ccc(-c5c6ccccc6c(-c6cccc7ccccc67)c6ccccc56)cc4)cc3)c3cc(-c4cccnc4)cc(-c4cccnc4)c3)c2)c1. The van der Waals surface area contributed by atoms with Gasteiger partial charge in [-0.2, -0.15) is 0 Å². The van der Waals surface area contributed by atoms with Crippen LogP contribution in [0.1, 0.15) is 0 Å². The largest absolute Gasteiger partial charge is 0.310 e. The molecule has 0 spiro atoms. The molecule has 0 aliphatic heterocycles.